The molecular weight excluding hydrogens is 166 g/mol. The minimum atomic E-state index is -0.0643. The number of carbonyl (C=O) groups excluding carboxylic acids is 1. The molecule has 1 aromatic rings. The van der Waals surface area contributed by atoms with Crippen molar-refractivity contribution >= 4 is 11.7 Å². The summed E-state index contributed by atoms with van der Waals surface area (Å²) in [7, 11) is 0. The fraction of sp³-hybridized carbons (Fsp3) is 0.556. The summed E-state index contributed by atoms with van der Waals surface area (Å²) >= 11 is 0. The van der Waals surface area contributed by atoms with Crippen molar-refractivity contribution < 1.29 is 4.79 Å². The van der Waals surface area contributed by atoms with Crippen LogP contribution in [-0.4, -0.2) is 15.7 Å². The Hall–Kier alpha value is -1.32. The third-order valence-electron chi connectivity index (χ3n) is 1.56. The van der Waals surface area contributed by atoms with Gasteiger partial charge in [-0.05, 0) is 5.92 Å². The molecule has 0 bridgehead atoms. The average molecular weight is 181 g/mol. The van der Waals surface area contributed by atoms with Crippen LogP contribution in [0.15, 0.2) is 12.3 Å². The molecule has 4 heteroatoms. The second-order valence-electron chi connectivity index (χ2n) is 3.47. The number of aromatic nitrogens is 2. The molecule has 0 atom stereocenters. The lowest BCUT2D eigenvalue weighted by Gasteiger charge is -2.09. The van der Waals surface area contributed by atoms with Crippen LogP contribution in [0.2, 0.25) is 0 Å². The highest BCUT2D eigenvalue weighted by atomic mass is 16.1. The van der Waals surface area contributed by atoms with E-state index in [0.717, 1.165) is 12.4 Å². The van der Waals surface area contributed by atoms with Gasteiger partial charge in [0.2, 0.25) is 5.91 Å². The van der Waals surface area contributed by atoms with Gasteiger partial charge in [-0.1, -0.05) is 13.8 Å². The van der Waals surface area contributed by atoms with Gasteiger partial charge in [-0.3, -0.25) is 4.79 Å². The van der Waals surface area contributed by atoms with Gasteiger partial charge >= 0.3 is 0 Å². The average Bonchev–Trinajstić information content (AvgIpc) is 2.34. The molecule has 4 nitrogen and oxygen atoms in total. The van der Waals surface area contributed by atoms with Crippen LogP contribution in [0.4, 0.5) is 5.82 Å². The zero-order valence-corrected chi connectivity index (χ0v) is 8.24. The van der Waals surface area contributed by atoms with Crippen molar-refractivity contribution in [2.75, 3.05) is 5.32 Å². The molecule has 0 saturated heterocycles. The molecule has 0 aliphatic heterocycles. The minimum Gasteiger partial charge on any atom is -0.311 e. The number of carbonyl (C=O) groups is 1. The van der Waals surface area contributed by atoms with Crippen LogP contribution in [0.5, 0.6) is 0 Å². The van der Waals surface area contributed by atoms with Crippen molar-refractivity contribution in [2.24, 2.45) is 5.92 Å². The number of hydrogen-bond acceptors (Lipinski definition) is 2. The van der Waals surface area contributed by atoms with Gasteiger partial charge in [-0.2, -0.15) is 5.10 Å². The summed E-state index contributed by atoms with van der Waals surface area (Å²) in [5.74, 6) is 1.22. The first-order chi connectivity index (χ1) is 6.09. The van der Waals surface area contributed by atoms with Crippen LogP contribution in [0.3, 0.4) is 0 Å². The number of hydrogen-bond donors (Lipinski definition) is 1. The monoisotopic (exact) mass is 181 g/mol. The minimum absolute atomic E-state index is 0.0643. The fourth-order valence-electron chi connectivity index (χ4n) is 1.11. The Kier molecular flexibility index (Phi) is 3.06. The number of nitrogens with zero attached hydrogens (tertiary/aromatic N) is 2. The van der Waals surface area contributed by atoms with Gasteiger partial charge in [-0.25, -0.2) is 4.68 Å². The summed E-state index contributed by atoms with van der Waals surface area (Å²) in [6, 6.07) is 1.80. The molecule has 0 aliphatic carbocycles. The van der Waals surface area contributed by atoms with Crippen LogP contribution in [0.25, 0.3) is 0 Å². The summed E-state index contributed by atoms with van der Waals surface area (Å²) in [5, 5.41) is 6.83. The first-order valence-electron chi connectivity index (χ1n) is 4.39. The maximum atomic E-state index is 10.8. The molecule has 1 heterocycles. The van der Waals surface area contributed by atoms with Crippen molar-refractivity contribution in [2.45, 2.75) is 27.3 Å². The summed E-state index contributed by atoms with van der Waals surface area (Å²) in [5.41, 5.74) is 0. The van der Waals surface area contributed by atoms with Crippen LogP contribution in [0, 0.1) is 5.92 Å². The van der Waals surface area contributed by atoms with Crippen LogP contribution in [-0.2, 0) is 11.3 Å². The van der Waals surface area contributed by atoms with Crippen molar-refractivity contribution in [3.63, 3.8) is 0 Å². The van der Waals surface area contributed by atoms with Crippen LogP contribution < -0.4 is 5.32 Å². The Bertz CT molecular complexity index is 291. The Labute approximate surface area is 77.9 Å². The smallest absolute Gasteiger partial charge is 0.222 e. The second-order valence-corrected chi connectivity index (χ2v) is 3.47. The quantitative estimate of drug-likeness (QED) is 0.768. The highest BCUT2D eigenvalue weighted by Crippen LogP contribution is 2.08. The van der Waals surface area contributed by atoms with E-state index >= 15 is 0 Å². The van der Waals surface area contributed by atoms with Gasteiger partial charge in [0.15, 0.2) is 0 Å². The number of amides is 1. The third kappa shape index (κ3) is 2.89. The van der Waals surface area contributed by atoms with E-state index in [2.05, 4.69) is 24.3 Å². The lowest BCUT2D eigenvalue weighted by molar-refractivity contribution is -0.114. The molecule has 0 aliphatic rings. The largest absolute Gasteiger partial charge is 0.311 e. The summed E-state index contributed by atoms with van der Waals surface area (Å²) in [6.07, 6.45) is 1.69. The van der Waals surface area contributed by atoms with E-state index in [1.807, 2.05) is 0 Å². The summed E-state index contributed by atoms with van der Waals surface area (Å²) in [4.78, 5) is 10.8. The molecule has 1 N–H and O–H groups in total. The van der Waals surface area contributed by atoms with E-state index < -0.39 is 0 Å². The first kappa shape index (κ1) is 9.77. The van der Waals surface area contributed by atoms with Crippen molar-refractivity contribution in [1.29, 1.82) is 0 Å². The number of nitrogens with one attached hydrogen (secondary N) is 1. The number of anilines is 1. The lowest BCUT2D eigenvalue weighted by atomic mass is 10.2. The van der Waals surface area contributed by atoms with E-state index in [-0.39, 0.29) is 5.91 Å². The summed E-state index contributed by atoms with van der Waals surface area (Å²) in [6.45, 7) is 6.54. The molecule has 0 aromatic carbocycles. The molecule has 1 rings (SSSR count). The Morgan fingerprint density at radius 3 is 2.92 bits per heavy atom. The van der Waals surface area contributed by atoms with Crippen LogP contribution >= 0.6 is 0 Å². The predicted molar refractivity (Wildman–Crippen MR) is 51.4 cm³/mol. The SMILES string of the molecule is CC(=O)Nc1ccnn1CC(C)C. The molecule has 13 heavy (non-hydrogen) atoms. The van der Waals surface area contributed by atoms with Gasteiger partial charge in [0, 0.05) is 19.5 Å². The van der Waals surface area contributed by atoms with Crippen molar-refractivity contribution in [1.82, 2.24) is 9.78 Å². The molecule has 0 fully saturated rings. The molecule has 0 saturated carbocycles. The normalized spacial score (nSPS) is 10.5. The maximum absolute atomic E-state index is 10.8. The van der Waals surface area contributed by atoms with Gasteiger partial charge in [0.25, 0.3) is 0 Å². The molecule has 1 aromatic heterocycles. The molecule has 1 amide bonds. The third-order valence-corrected chi connectivity index (χ3v) is 1.56. The molecule has 0 radical (unpaired) electrons. The van der Waals surface area contributed by atoms with Gasteiger partial charge < -0.3 is 5.32 Å². The highest BCUT2D eigenvalue weighted by Gasteiger charge is 2.04. The zero-order valence-electron chi connectivity index (χ0n) is 8.24. The second kappa shape index (κ2) is 4.07. The van der Waals surface area contributed by atoms with E-state index in [4.69, 9.17) is 0 Å². The van der Waals surface area contributed by atoms with E-state index in [1.54, 1.807) is 16.9 Å². The molecule has 72 valence electrons. The van der Waals surface area contributed by atoms with E-state index in [1.165, 1.54) is 6.92 Å². The van der Waals surface area contributed by atoms with Gasteiger partial charge in [0.05, 0.1) is 6.20 Å². The number of rotatable bonds is 3. The van der Waals surface area contributed by atoms with Crippen molar-refractivity contribution in [3.8, 4) is 0 Å². The fourth-order valence-corrected chi connectivity index (χ4v) is 1.11. The highest BCUT2D eigenvalue weighted by molar-refractivity contribution is 5.87. The Morgan fingerprint density at radius 1 is 1.69 bits per heavy atom. The van der Waals surface area contributed by atoms with Crippen LogP contribution in [0.1, 0.15) is 20.8 Å². The topological polar surface area (TPSA) is 46.9 Å². The molecule has 0 spiro atoms. The van der Waals surface area contributed by atoms with E-state index in [0.29, 0.717) is 5.92 Å². The van der Waals surface area contributed by atoms with E-state index in [9.17, 15) is 4.79 Å². The summed E-state index contributed by atoms with van der Waals surface area (Å²) < 4.78 is 1.80. The zero-order chi connectivity index (χ0) is 9.84. The standard InChI is InChI=1S/C9H15N3O/c1-7(2)6-12-9(4-5-10-12)11-8(3)13/h4-5,7H,6H2,1-3H3,(H,11,13). The molecule has 0 unspecified atom stereocenters. The maximum Gasteiger partial charge on any atom is 0.222 e. The first-order valence-corrected chi connectivity index (χ1v) is 4.39. The Balaban J connectivity index is 2.71. The van der Waals surface area contributed by atoms with Crippen molar-refractivity contribution in [3.05, 3.63) is 12.3 Å². The lowest BCUT2D eigenvalue weighted by Crippen LogP contribution is -2.14. The molecular formula is C9H15N3O. The predicted octanol–water partition coefficient (Wildman–Crippen LogP) is 1.50. The van der Waals surface area contributed by atoms with Gasteiger partial charge in [0.1, 0.15) is 5.82 Å². The Morgan fingerprint density at radius 2 is 2.38 bits per heavy atom. The van der Waals surface area contributed by atoms with Gasteiger partial charge in [-0.15, -0.1) is 0 Å².